The van der Waals surface area contributed by atoms with Crippen molar-refractivity contribution in [3.8, 4) is 0 Å². The Morgan fingerprint density at radius 3 is 2.72 bits per heavy atom. The van der Waals surface area contributed by atoms with Gasteiger partial charge in [-0.25, -0.2) is 14.2 Å². The number of primary amides is 1. The lowest BCUT2D eigenvalue weighted by Crippen LogP contribution is -2.59. The van der Waals surface area contributed by atoms with E-state index in [1.807, 2.05) is 0 Å². The summed E-state index contributed by atoms with van der Waals surface area (Å²) in [6.45, 7) is 1.03. The van der Waals surface area contributed by atoms with Crippen LogP contribution in [0.2, 0.25) is 0 Å². The molecule has 1 aromatic heterocycles. The van der Waals surface area contributed by atoms with Crippen LogP contribution in [0.1, 0.15) is 38.5 Å². The van der Waals surface area contributed by atoms with E-state index in [-0.39, 0.29) is 47.2 Å². The smallest absolute Gasteiger partial charge is 0.410 e. The number of amides is 2. The van der Waals surface area contributed by atoms with Crippen LogP contribution < -0.4 is 11.1 Å². The number of anilines is 1. The summed E-state index contributed by atoms with van der Waals surface area (Å²) in [4.78, 5) is 30.6. The monoisotopic (exact) mass is 402 g/mol. The first kappa shape index (κ1) is 18.6. The molecule has 4 aliphatic carbocycles. The van der Waals surface area contributed by atoms with Crippen LogP contribution >= 0.6 is 0 Å². The second-order valence-corrected chi connectivity index (χ2v) is 9.37. The number of carbonyl (C=O) groups is 2. The van der Waals surface area contributed by atoms with Gasteiger partial charge in [-0.15, -0.1) is 0 Å². The molecule has 29 heavy (non-hydrogen) atoms. The largest absolute Gasteiger partial charge is 0.446 e. The van der Waals surface area contributed by atoms with Gasteiger partial charge in [0.25, 0.3) is 0 Å². The lowest BCUT2D eigenvalue weighted by molar-refractivity contribution is -0.161. The van der Waals surface area contributed by atoms with E-state index < -0.39 is 5.82 Å². The fourth-order valence-electron chi connectivity index (χ4n) is 6.39. The quantitative estimate of drug-likeness (QED) is 0.807. The molecule has 5 fully saturated rings. The molecule has 4 bridgehead atoms. The van der Waals surface area contributed by atoms with Crippen molar-refractivity contribution in [1.82, 2.24) is 9.88 Å². The third-order valence-electron chi connectivity index (χ3n) is 7.49. The molecule has 7 nitrogen and oxygen atoms in total. The third kappa shape index (κ3) is 3.22. The van der Waals surface area contributed by atoms with Crippen LogP contribution in [0.3, 0.4) is 0 Å². The second-order valence-electron chi connectivity index (χ2n) is 9.37. The molecule has 6 atom stereocenters. The molecule has 2 heterocycles. The highest BCUT2D eigenvalue weighted by molar-refractivity contribution is 5.81. The highest BCUT2D eigenvalue weighted by Crippen LogP contribution is 2.60. The first-order valence-electron chi connectivity index (χ1n) is 10.6. The molecule has 0 aromatic carbocycles. The summed E-state index contributed by atoms with van der Waals surface area (Å²) in [5.74, 6) is 0.630. The fourth-order valence-corrected chi connectivity index (χ4v) is 6.39. The molecule has 6 rings (SSSR count). The molecule has 3 N–H and O–H groups in total. The topological polar surface area (TPSA) is 97.6 Å². The number of nitrogens with two attached hydrogens (primary N) is 1. The Balaban J connectivity index is 1.20. The molecule has 156 valence electrons. The number of halogens is 1. The lowest BCUT2D eigenvalue weighted by atomic mass is 9.48. The highest BCUT2D eigenvalue weighted by Gasteiger charge is 2.59. The molecule has 8 heteroatoms. The van der Waals surface area contributed by atoms with Crippen molar-refractivity contribution in [3.63, 3.8) is 0 Å². The van der Waals surface area contributed by atoms with Crippen LogP contribution in [0.15, 0.2) is 18.3 Å². The van der Waals surface area contributed by atoms with Crippen LogP contribution in [0, 0.1) is 29.0 Å². The summed E-state index contributed by atoms with van der Waals surface area (Å²) in [5.41, 5.74) is 5.35. The lowest BCUT2D eigenvalue weighted by Gasteiger charge is -2.58. The van der Waals surface area contributed by atoms with Gasteiger partial charge in [-0.05, 0) is 68.4 Å². The molecule has 5 unspecified atom stereocenters. The fraction of sp³-hybridized carbons (Fsp3) is 0.667. The van der Waals surface area contributed by atoms with E-state index in [0.29, 0.717) is 19.0 Å². The maximum Gasteiger partial charge on any atom is 0.410 e. The first-order chi connectivity index (χ1) is 13.9. The summed E-state index contributed by atoms with van der Waals surface area (Å²) in [5, 5.41) is 3.08. The number of pyridine rings is 1. The minimum atomic E-state index is -0.398. The number of hydrogen-bond acceptors (Lipinski definition) is 5. The Hall–Kier alpha value is -2.38. The van der Waals surface area contributed by atoms with Crippen LogP contribution in [-0.4, -0.2) is 47.1 Å². The average Bonchev–Trinajstić information content (AvgIpc) is 3.14. The van der Waals surface area contributed by atoms with Crippen molar-refractivity contribution in [1.29, 1.82) is 0 Å². The van der Waals surface area contributed by atoms with Crippen LogP contribution in [0.25, 0.3) is 0 Å². The number of ether oxygens (including phenoxy) is 1. The molecular formula is C21H27FN4O3. The Morgan fingerprint density at radius 1 is 1.28 bits per heavy atom. The average molecular weight is 402 g/mol. The zero-order chi connectivity index (χ0) is 20.2. The van der Waals surface area contributed by atoms with E-state index in [1.54, 1.807) is 11.0 Å². The van der Waals surface area contributed by atoms with Crippen molar-refractivity contribution in [2.24, 2.45) is 28.9 Å². The number of rotatable bonds is 4. The maximum atomic E-state index is 13.8. The van der Waals surface area contributed by atoms with Gasteiger partial charge in [0, 0.05) is 25.3 Å². The minimum Gasteiger partial charge on any atom is -0.446 e. The molecule has 1 aliphatic heterocycles. The maximum absolute atomic E-state index is 13.8. The molecule has 1 aromatic rings. The van der Waals surface area contributed by atoms with Crippen molar-refractivity contribution < 1.29 is 18.7 Å². The van der Waals surface area contributed by atoms with Crippen LogP contribution in [0.4, 0.5) is 15.0 Å². The predicted octanol–water partition coefficient (Wildman–Crippen LogP) is 2.52. The third-order valence-corrected chi connectivity index (χ3v) is 7.49. The number of carbonyl (C=O) groups excluding carboxylic acids is 2. The molecule has 0 spiro atoms. The number of nitrogens with zero attached hydrogens (tertiary/aromatic N) is 2. The van der Waals surface area contributed by atoms with Gasteiger partial charge in [0.15, 0.2) is 11.6 Å². The van der Waals surface area contributed by atoms with E-state index in [2.05, 4.69) is 10.3 Å². The molecule has 1 saturated heterocycles. The van der Waals surface area contributed by atoms with Crippen molar-refractivity contribution >= 4 is 17.8 Å². The van der Waals surface area contributed by atoms with Crippen LogP contribution in [0.5, 0.6) is 0 Å². The highest BCUT2D eigenvalue weighted by atomic mass is 19.1. The summed E-state index contributed by atoms with van der Waals surface area (Å²) in [6.07, 6.45) is 6.27. The summed E-state index contributed by atoms with van der Waals surface area (Å²) in [6, 6.07) is 2.86. The predicted molar refractivity (Wildman–Crippen MR) is 103 cm³/mol. The summed E-state index contributed by atoms with van der Waals surface area (Å²) in [7, 11) is 0. The normalized spacial score (nSPS) is 37.6. The van der Waals surface area contributed by atoms with E-state index in [0.717, 1.165) is 38.5 Å². The van der Waals surface area contributed by atoms with Crippen LogP contribution in [-0.2, 0) is 9.53 Å². The van der Waals surface area contributed by atoms with Gasteiger partial charge in [-0.3, -0.25) is 4.79 Å². The Labute approximate surface area is 169 Å². The second kappa shape index (κ2) is 6.85. The van der Waals surface area contributed by atoms with Gasteiger partial charge in [0.1, 0.15) is 6.10 Å². The SMILES string of the molecule is NC(=O)C12CC3CC(C1)C(OC(=O)N1CCC(Nc4ncccc4F)C1)[C@H](C3)C2. The van der Waals surface area contributed by atoms with E-state index >= 15 is 0 Å². The van der Waals surface area contributed by atoms with Gasteiger partial charge in [-0.2, -0.15) is 0 Å². The van der Waals surface area contributed by atoms with Gasteiger partial charge < -0.3 is 20.7 Å². The molecule has 5 aliphatic rings. The molecule has 0 radical (unpaired) electrons. The minimum absolute atomic E-state index is 0.0522. The molecule has 2 amide bonds. The Morgan fingerprint density at radius 2 is 2.03 bits per heavy atom. The summed E-state index contributed by atoms with van der Waals surface area (Å²) >= 11 is 0. The van der Waals surface area contributed by atoms with E-state index in [9.17, 15) is 14.0 Å². The first-order valence-corrected chi connectivity index (χ1v) is 10.6. The van der Waals surface area contributed by atoms with Gasteiger partial charge in [0.05, 0.1) is 5.41 Å². The molecular weight excluding hydrogens is 375 g/mol. The van der Waals surface area contributed by atoms with E-state index in [1.165, 1.54) is 12.3 Å². The Kier molecular flexibility index (Phi) is 4.40. The van der Waals surface area contributed by atoms with Crippen molar-refractivity contribution in [2.75, 3.05) is 18.4 Å². The van der Waals surface area contributed by atoms with Gasteiger partial charge in [-0.1, -0.05) is 0 Å². The molecule has 4 saturated carbocycles. The number of likely N-dealkylation sites (tertiary alicyclic amines) is 1. The van der Waals surface area contributed by atoms with Crippen molar-refractivity contribution in [2.45, 2.75) is 50.7 Å². The van der Waals surface area contributed by atoms with Gasteiger partial charge >= 0.3 is 6.09 Å². The number of hydrogen-bond donors (Lipinski definition) is 2. The number of aromatic nitrogens is 1. The zero-order valence-corrected chi connectivity index (χ0v) is 16.4. The van der Waals surface area contributed by atoms with Gasteiger partial charge in [0.2, 0.25) is 5.91 Å². The zero-order valence-electron chi connectivity index (χ0n) is 16.4. The van der Waals surface area contributed by atoms with E-state index in [4.69, 9.17) is 10.5 Å². The van der Waals surface area contributed by atoms with Crippen molar-refractivity contribution in [3.05, 3.63) is 24.1 Å². The number of nitrogens with one attached hydrogen (secondary N) is 1. The Bertz CT molecular complexity index is 818. The standard InChI is InChI=1S/C21H27FN4O3/c22-16-2-1-4-24-18(16)25-15-3-5-26(11-15)20(28)29-17-13-6-12-7-14(17)10-21(8-12,9-13)19(23)27/h1-2,4,12-15,17H,3,5-11H2,(H2,23,27)(H,24,25)/t12?,13-,14?,15?,17?,21?/m1/s1. The summed E-state index contributed by atoms with van der Waals surface area (Å²) < 4.78 is 19.8.